The molecule has 3 rings (SSSR count). The van der Waals surface area contributed by atoms with E-state index in [4.69, 9.17) is 21.1 Å². The molecule has 2 aromatic rings. The number of esters is 1. The minimum atomic E-state index is -0.950. The molecular weight excluding hydrogens is 354 g/mol. The summed E-state index contributed by atoms with van der Waals surface area (Å²) in [6.07, 6.45) is -0.870. The maximum atomic E-state index is 12.9. The van der Waals surface area contributed by atoms with Crippen molar-refractivity contribution in [1.29, 1.82) is 0 Å². The predicted molar refractivity (Wildman–Crippen MR) is 97.8 cm³/mol. The molecule has 1 saturated heterocycles. The lowest BCUT2D eigenvalue weighted by Gasteiger charge is -2.30. The number of benzene rings is 2. The van der Waals surface area contributed by atoms with E-state index in [1.165, 1.54) is 0 Å². The minimum absolute atomic E-state index is 0.0803. The van der Waals surface area contributed by atoms with Crippen molar-refractivity contribution in [1.82, 2.24) is 4.90 Å². The summed E-state index contributed by atoms with van der Waals surface area (Å²) in [7, 11) is 0. The number of morpholine rings is 1. The Balaban J connectivity index is 1.73. The molecular formula is C20H20ClNO4. The molecule has 1 aliphatic heterocycles. The van der Waals surface area contributed by atoms with E-state index in [9.17, 15) is 9.59 Å². The highest BCUT2D eigenvalue weighted by atomic mass is 35.5. The molecule has 6 heteroatoms. The highest BCUT2D eigenvalue weighted by Gasteiger charge is 2.30. The Morgan fingerprint density at radius 2 is 1.69 bits per heavy atom. The maximum Gasteiger partial charge on any atom is 0.311 e. The van der Waals surface area contributed by atoms with Crippen molar-refractivity contribution in [3.05, 3.63) is 70.7 Å². The largest absolute Gasteiger partial charge is 0.447 e. The predicted octanol–water partition coefficient (Wildman–Crippen LogP) is 3.03. The summed E-state index contributed by atoms with van der Waals surface area (Å²) < 4.78 is 10.9. The van der Waals surface area contributed by atoms with Gasteiger partial charge in [-0.2, -0.15) is 0 Å². The monoisotopic (exact) mass is 373 g/mol. The van der Waals surface area contributed by atoms with Crippen molar-refractivity contribution < 1.29 is 19.1 Å². The average molecular weight is 374 g/mol. The SMILES string of the molecule is O=C(Cc1ccc(Cl)cc1)O[C@H](C(=O)N1CCOCC1)c1ccccc1. The fraction of sp³-hybridized carbons (Fsp3) is 0.300. The number of hydrogen-bond donors (Lipinski definition) is 0. The van der Waals surface area contributed by atoms with Gasteiger partial charge >= 0.3 is 5.97 Å². The Labute approximate surface area is 157 Å². The summed E-state index contributed by atoms with van der Waals surface area (Å²) in [6, 6.07) is 16.1. The molecule has 0 unspecified atom stereocenters. The zero-order valence-electron chi connectivity index (χ0n) is 14.3. The molecule has 2 aromatic carbocycles. The fourth-order valence-electron chi connectivity index (χ4n) is 2.78. The van der Waals surface area contributed by atoms with Crippen molar-refractivity contribution in [2.45, 2.75) is 12.5 Å². The van der Waals surface area contributed by atoms with Crippen LogP contribution < -0.4 is 0 Å². The van der Waals surface area contributed by atoms with Gasteiger partial charge in [0, 0.05) is 23.7 Å². The first-order valence-electron chi connectivity index (χ1n) is 8.49. The van der Waals surface area contributed by atoms with Gasteiger partial charge in [-0.25, -0.2) is 0 Å². The van der Waals surface area contributed by atoms with Crippen molar-refractivity contribution in [2.24, 2.45) is 0 Å². The lowest BCUT2D eigenvalue weighted by Crippen LogP contribution is -2.44. The zero-order valence-corrected chi connectivity index (χ0v) is 15.0. The highest BCUT2D eigenvalue weighted by molar-refractivity contribution is 6.30. The second-order valence-electron chi connectivity index (χ2n) is 6.02. The summed E-state index contributed by atoms with van der Waals surface area (Å²) in [5.74, 6) is -0.674. The zero-order chi connectivity index (χ0) is 18.4. The second-order valence-corrected chi connectivity index (χ2v) is 6.46. The molecule has 0 aromatic heterocycles. The first-order chi connectivity index (χ1) is 12.6. The lowest BCUT2D eigenvalue weighted by atomic mass is 10.1. The summed E-state index contributed by atoms with van der Waals surface area (Å²) in [4.78, 5) is 27.0. The first kappa shape index (κ1) is 18.4. The quantitative estimate of drug-likeness (QED) is 0.756. The molecule has 0 aliphatic carbocycles. The third-order valence-electron chi connectivity index (χ3n) is 4.16. The number of hydrogen-bond acceptors (Lipinski definition) is 4. The number of nitrogens with zero attached hydrogens (tertiary/aromatic N) is 1. The van der Waals surface area contributed by atoms with Crippen LogP contribution >= 0.6 is 11.6 Å². The third kappa shape index (κ3) is 4.84. The number of amides is 1. The van der Waals surface area contributed by atoms with E-state index in [1.54, 1.807) is 41.3 Å². The second kappa shape index (κ2) is 8.83. The number of halogens is 1. The highest BCUT2D eigenvalue weighted by Crippen LogP contribution is 2.22. The molecule has 1 heterocycles. The van der Waals surface area contributed by atoms with Crippen LogP contribution in [-0.2, 0) is 25.5 Å². The molecule has 1 fully saturated rings. The molecule has 136 valence electrons. The van der Waals surface area contributed by atoms with Crippen LogP contribution in [-0.4, -0.2) is 43.1 Å². The Morgan fingerprint density at radius 1 is 1.04 bits per heavy atom. The van der Waals surface area contributed by atoms with Crippen LogP contribution in [0.1, 0.15) is 17.2 Å². The Kier molecular flexibility index (Phi) is 6.26. The van der Waals surface area contributed by atoms with Crippen LogP contribution in [0.25, 0.3) is 0 Å². The van der Waals surface area contributed by atoms with Crippen molar-refractivity contribution in [2.75, 3.05) is 26.3 Å². The Morgan fingerprint density at radius 3 is 2.35 bits per heavy atom. The fourth-order valence-corrected chi connectivity index (χ4v) is 2.91. The van der Waals surface area contributed by atoms with Gasteiger partial charge in [0.2, 0.25) is 6.10 Å². The van der Waals surface area contributed by atoms with Gasteiger partial charge in [0.05, 0.1) is 19.6 Å². The van der Waals surface area contributed by atoms with E-state index in [0.717, 1.165) is 5.56 Å². The molecule has 0 N–H and O–H groups in total. The van der Waals surface area contributed by atoms with Crippen LogP contribution in [0, 0.1) is 0 Å². The summed E-state index contributed by atoms with van der Waals surface area (Å²) in [6.45, 7) is 1.98. The molecule has 0 spiro atoms. The first-order valence-corrected chi connectivity index (χ1v) is 8.86. The standard InChI is InChI=1S/C20H20ClNO4/c21-17-8-6-15(7-9-17)14-18(23)26-19(16-4-2-1-3-5-16)20(24)22-10-12-25-13-11-22/h1-9,19H,10-14H2/t19-/m0/s1. The Bertz CT molecular complexity index is 742. The summed E-state index contributed by atoms with van der Waals surface area (Å²) in [5.41, 5.74) is 1.44. The van der Waals surface area contributed by atoms with Gasteiger partial charge in [-0.05, 0) is 17.7 Å². The maximum absolute atomic E-state index is 12.9. The molecule has 1 amide bonds. The van der Waals surface area contributed by atoms with Gasteiger partial charge in [0.15, 0.2) is 0 Å². The molecule has 0 bridgehead atoms. The number of carbonyl (C=O) groups is 2. The van der Waals surface area contributed by atoms with E-state index in [1.807, 2.05) is 18.2 Å². The van der Waals surface area contributed by atoms with Crippen LogP contribution in [0.5, 0.6) is 0 Å². The van der Waals surface area contributed by atoms with E-state index in [0.29, 0.717) is 36.9 Å². The number of rotatable bonds is 5. The van der Waals surface area contributed by atoms with E-state index in [-0.39, 0.29) is 12.3 Å². The number of ether oxygens (including phenoxy) is 2. The van der Waals surface area contributed by atoms with E-state index in [2.05, 4.69) is 0 Å². The van der Waals surface area contributed by atoms with Gasteiger partial charge in [-0.15, -0.1) is 0 Å². The minimum Gasteiger partial charge on any atom is -0.447 e. The lowest BCUT2D eigenvalue weighted by molar-refractivity contribution is -0.162. The van der Waals surface area contributed by atoms with Gasteiger partial charge in [0.25, 0.3) is 5.91 Å². The molecule has 1 aliphatic rings. The molecule has 0 saturated carbocycles. The van der Waals surface area contributed by atoms with Crippen LogP contribution in [0.2, 0.25) is 5.02 Å². The van der Waals surface area contributed by atoms with Crippen molar-refractivity contribution in [3.8, 4) is 0 Å². The van der Waals surface area contributed by atoms with Crippen LogP contribution in [0.15, 0.2) is 54.6 Å². The van der Waals surface area contributed by atoms with Crippen LogP contribution in [0.3, 0.4) is 0 Å². The van der Waals surface area contributed by atoms with Gasteiger partial charge in [-0.1, -0.05) is 54.1 Å². The normalized spacial score (nSPS) is 15.3. The topological polar surface area (TPSA) is 55.8 Å². The average Bonchev–Trinajstić information content (AvgIpc) is 2.69. The molecule has 1 atom stereocenters. The van der Waals surface area contributed by atoms with E-state index < -0.39 is 12.1 Å². The number of carbonyl (C=O) groups excluding carboxylic acids is 2. The molecule has 26 heavy (non-hydrogen) atoms. The Hall–Kier alpha value is -2.37. The third-order valence-corrected chi connectivity index (χ3v) is 4.41. The molecule has 5 nitrogen and oxygen atoms in total. The van der Waals surface area contributed by atoms with Crippen molar-refractivity contribution >= 4 is 23.5 Å². The van der Waals surface area contributed by atoms with Crippen LogP contribution in [0.4, 0.5) is 0 Å². The van der Waals surface area contributed by atoms with E-state index >= 15 is 0 Å². The van der Waals surface area contributed by atoms with Gasteiger partial charge in [0.1, 0.15) is 0 Å². The molecule has 0 radical (unpaired) electrons. The summed E-state index contributed by atoms with van der Waals surface area (Å²) in [5, 5.41) is 0.603. The van der Waals surface area contributed by atoms with Gasteiger partial charge < -0.3 is 14.4 Å². The smallest absolute Gasteiger partial charge is 0.311 e. The van der Waals surface area contributed by atoms with Gasteiger partial charge in [-0.3, -0.25) is 9.59 Å². The summed E-state index contributed by atoms with van der Waals surface area (Å²) >= 11 is 5.86. The van der Waals surface area contributed by atoms with Crippen molar-refractivity contribution in [3.63, 3.8) is 0 Å².